The average Bonchev–Trinajstić information content (AvgIpc) is 2.45. The first kappa shape index (κ1) is 9.22. The predicted octanol–water partition coefficient (Wildman–Crippen LogP) is 0.292. The summed E-state index contributed by atoms with van der Waals surface area (Å²) in [6, 6.07) is 1.94. The van der Waals surface area contributed by atoms with Crippen molar-refractivity contribution in [3.05, 3.63) is 17.5 Å². The minimum absolute atomic E-state index is 0.753. The Kier molecular flexibility index (Phi) is 3.76. The molecule has 0 unspecified atom stereocenters. The van der Waals surface area contributed by atoms with Gasteiger partial charge in [0.2, 0.25) is 0 Å². The van der Waals surface area contributed by atoms with Crippen LogP contribution in [0.3, 0.4) is 0 Å². The van der Waals surface area contributed by atoms with Gasteiger partial charge < -0.3 is 15.2 Å². The molecule has 0 amide bonds. The van der Waals surface area contributed by atoms with E-state index in [0.717, 1.165) is 31.1 Å². The molecule has 0 radical (unpaired) electrons. The number of aryl methyl sites for hydroxylation is 1. The maximum absolute atomic E-state index is 5.01. The van der Waals surface area contributed by atoms with Gasteiger partial charge in [0, 0.05) is 19.2 Å². The molecule has 0 bridgehead atoms. The Morgan fingerprint density at radius 2 is 2.33 bits per heavy atom. The molecule has 2 N–H and O–H groups in total. The Balaban J connectivity index is 2.15. The molecule has 0 aromatic carbocycles. The van der Waals surface area contributed by atoms with Gasteiger partial charge in [-0.3, -0.25) is 0 Å². The fraction of sp³-hybridized carbons (Fsp3) is 0.625. The van der Waals surface area contributed by atoms with Crippen molar-refractivity contribution in [1.82, 2.24) is 15.8 Å². The van der Waals surface area contributed by atoms with Crippen LogP contribution >= 0.6 is 0 Å². The first-order valence-electron chi connectivity index (χ1n) is 4.10. The van der Waals surface area contributed by atoms with Crippen LogP contribution in [0.1, 0.15) is 11.5 Å². The zero-order valence-corrected chi connectivity index (χ0v) is 7.55. The van der Waals surface area contributed by atoms with E-state index in [-0.39, 0.29) is 0 Å². The maximum atomic E-state index is 5.01. The molecule has 0 fully saturated rings. The number of rotatable bonds is 5. The van der Waals surface area contributed by atoms with Crippen LogP contribution in [0.15, 0.2) is 10.6 Å². The van der Waals surface area contributed by atoms with Gasteiger partial charge in [-0.1, -0.05) is 5.16 Å². The standard InChI is InChI=1S/C8H15N3O/c1-7-5-8(12-11-7)6-10-4-3-9-2/h5,9-10H,3-4,6H2,1-2H3. The third kappa shape index (κ3) is 3.02. The molecule has 4 nitrogen and oxygen atoms in total. The van der Waals surface area contributed by atoms with Crippen LogP contribution < -0.4 is 10.6 Å². The second-order valence-electron chi connectivity index (χ2n) is 2.71. The molecule has 68 valence electrons. The lowest BCUT2D eigenvalue weighted by Crippen LogP contribution is -2.24. The molecule has 0 aliphatic heterocycles. The van der Waals surface area contributed by atoms with Crippen LogP contribution in [-0.4, -0.2) is 25.3 Å². The van der Waals surface area contributed by atoms with Gasteiger partial charge in [0.25, 0.3) is 0 Å². The van der Waals surface area contributed by atoms with E-state index >= 15 is 0 Å². The first-order valence-corrected chi connectivity index (χ1v) is 4.10. The fourth-order valence-corrected chi connectivity index (χ4v) is 0.925. The van der Waals surface area contributed by atoms with Gasteiger partial charge in [-0.05, 0) is 14.0 Å². The average molecular weight is 169 g/mol. The smallest absolute Gasteiger partial charge is 0.150 e. The second-order valence-corrected chi connectivity index (χ2v) is 2.71. The third-order valence-electron chi connectivity index (χ3n) is 1.53. The van der Waals surface area contributed by atoms with Crippen molar-refractivity contribution in [2.24, 2.45) is 0 Å². The topological polar surface area (TPSA) is 50.1 Å². The van der Waals surface area contributed by atoms with E-state index in [1.165, 1.54) is 0 Å². The summed E-state index contributed by atoms with van der Waals surface area (Å²) in [5.41, 5.74) is 0.931. The van der Waals surface area contributed by atoms with Crippen molar-refractivity contribution >= 4 is 0 Å². The highest BCUT2D eigenvalue weighted by Crippen LogP contribution is 2.00. The number of hydrogen-bond donors (Lipinski definition) is 2. The zero-order valence-electron chi connectivity index (χ0n) is 7.55. The molecule has 12 heavy (non-hydrogen) atoms. The van der Waals surface area contributed by atoms with Crippen LogP contribution in [0.2, 0.25) is 0 Å². The lowest BCUT2D eigenvalue weighted by Gasteiger charge is -1.99. The van der Waals surface area contributed by atoms with E-state index in [1.807, 2.05) is 20.0 Å². The largest absolute Gasteiger partial charge is 0.360 e. The molecular weight excluding hydrogens is 154 g/mol. The van der Waals surface area contributed by atoms with Crippen LogP contribution in [0.25, 0.3) is 0 Å². The van der Waals surface area contributed by atoms with Gasteiger partial charge in [0.15, 0.2) is 5.76 Å². The molecule has 0 aliphatic rings. The molecule has 0 saturated carbocycles. The van der Waals surface area contributed by atoms with Crippen molar-refractivity contribution in [2.45, 2.75) is 13.5 Å². The molecule has 1 heterocycles. The van der Waals surface area contributed by atoms with Gasteiger partial charge in [0.1, 0.15) is 0 Å². The van der Waals surface area contributed by atoms with Crippen molar-refractivity contribution in [1.29, 1.82) is 0 Å². The molecule has 4 heteroatoms. The molecule has 1 aromatic rings. The van der Waals surface area contributed by atoms with E-state index in [4.69, 9.17) is 4.52 Å². The highest BCUT2D eigenvalue weighted by molar-refractivity contribution is 5.02. The SMILES string of the molecule is CNCCNCc1cc(C)no1. The number of nitrogens with zero attached hydrogens (tertiary/aromatic N) is 1. The maximum Gasteiger partial charge on any atom is 0.150 e. The van der Waals surface area contributed by atoms with Gasteiger partial charge in [-0.2, -0.15) is 0 Å². The fourth-order valence-electron chi connectivity index (χ4n) is 0.925. The van der Waals surface area contributed by atoms with Crippen molar-refractivity contribution in [2.75, 3.05) is 20.1 Å². The molecule has 0 saturated heterocycles. The quantitative estimate of drug-likeness (QED) is 0.622. The molecule has 0 atom stereocenters. The molecule has 0 aliphatic carbocycles. The highest BCUT2D eigenvalue weighted by atomic mass is 16.5. The number of aromatic nitrogens is 1. The lowest BCUT2D eigenvalue weighted by molar-refractivity contribution is 0.370. The van der Waals surface area contributed by atoms with Gasteiger partial charge >= 0.3 is 0 Å². The van der Waals surface area contributed by atoms with Crippen LogP contribution in [0.5, 0.6) is 0 Å². The third-order valence-corrected chi connectivity index (χ3v) is 1.53. The Morgan fingerprint density at radius 3 is 2.92 bits per heavy atom. The molecule has 1 rings (SSSR count). The summed E-state index contributed by atoms with van der Waals surface area (Å²) in [7, 11) is 1.93. The van der Waals surface area contributed by atoms with Gasteiger partial charge in [0.05, 0.1) is 12.2 Å². The lowest BCUT2D eigenvalue weighted by atomic mass is 10.4. The van der Waals surface area contributed by atoms with E-state index in [0.29, 0.717) is 0 Å². The normalized spacial score (nSPS) is 10.5. The zero-order chi connectivity index (χ0) is 8.81. The van der Waals surface area contributed by atoms with Crippen molar-refractivity contribution in [3.63, 3.8) is 0 Å². The van der Waals surface area contributed by atoms with E-state index < -0.39 is 0 Å². The Bertz CT molecular complexity index is 222. The first-order chi connectivity index (χ1) is 5.83. The van der Waals surface area contributed by atoms with Crippen LogP contribution in [0.4, 0.5) is 0 Å². The molecule has 0 spiro atoms. The number of likely N-dealkylation sites (N-methyl/N-ethyl adjacent to an activating group) is 1. The predicted molar refractivity (Wildman–Crippen MR) is 46.9 cm³/mol. The summed E-state index contributed by atoms with van der Waals surface area (Å²) in [4.78, 5) is 0. The second kappa shape index (κ2) is 4.90. The Morgan fingerprint density at radius 1 is 1.50 bits per heavy atom. The minimum Gasteiger partial charge on any atom is -0.360 e. The highest BCUT2D eigenvalue weighted by Gasteiger charge is 1.97. The summed E-state index contributed by atoms with van der Waals surface area (Å²) in [5.74, 6) is 0.892. The van der Waals surface area contributed by atoms with Gasteiger partial charge in [-0.25, -0.2) is 0 Å². The Hall–Kier alpha value is -0.870. The van der Waals surface area contributed by atoms with Crippen LogP contribution in [-0.2, 0) is 6.54 Å². The van der Waals surface area contributed by atoms with E-state index in [1.54, 1.807) is 0 Å². The summed E-state index contributed by atoms with van der Waals surface area (Å²) >= 11 is 0. The van der Waals surface area contributed by atoms with Gasteiger partial charge in [-0.15, -0.1) is 0 Å². The molecular formula is C8H15N3O. The monoisotopic (exact) mass is 169 g/mol. The van der Waals surface area contributed by atoms with E-state index in [9.17, 15) is 0 Å². The van der Waals surface area contributed by atoms with Crippen LogP contribution in [0, 0.1) is 6.92 Å². The minimum atomic E-state index is 0.753. The number of nitrogens with one attached hydrogen (secondary N) is 2. The van der Waals surface area contributed by atoms with E-state index in [2.05, 4.69) is 15.8 Å². The van der Waals surface area contributed by atoms with Crippen molar-refractivity contribution < 1.29 is 4.52 Å². The number of hydrogen-bond acceptors (Lipinski definition) is 4. The van der Waals surface area contributed by atoms with Crippen molar-refractivity contribution in [3.8, 4) is 0 Å². The summed E-state index contributed by atoms with van der Waals surface area (Å²) < 4.78 is 5.01. The summed E-state index contributed by atoms with van der Waals surface area (Å²) in [6.07, 6.45) is 0. The Labute approximate surface area is 72.3 Å². The molecule has 1 aromatic heterocycles. The summed E-state index contributed by atoms with van der Waals surface area (Å²) in [5, 5.41) is 10.1. The summed E-state index contributed by atoms with van der Waals surface area (Å²) in [6.45, 7) is 4.58.